The summed E-state index contributed by atoms with van der Waals surface area (Å²) >= 11 is 9.42. The highest BCUT2D eigenvalue weighted by molar-refractivity contribution is 8.19. The first kappa shape index (κ1) is 32.8. The van der Waals surface area contributed by atoms with Gasteiger partial charge in [0.2, 0.25) is 0 Å². The molecule has 2 aliphatic heterocycles. The minimum absolute atomic E-state index is 0.0326. The van der Waals surface area contributed by atoms with Crippen molar-refractivity contribution >= 4 is 51.9 Å². The van der Waals surface area contributed by atoms with E-state index in [0.717, 1.165) is 63.7 Å². The number of aliphatic imine (C=N–C) groups is 1. The van der Waals surface area contributed by atoms with E-state index in [1.807, 2.05) is 25.1 Å². The van der Waals surface area contributed by atoms with Crippen LogP contribution in [-0.2, 0) is 15.6 Å². The second kappa shape index (κ2) is 13.7. The third-order valence-corrected chi connectivity index (χ3v) is 11.3. The quantitative estimate of drug-likeness (QED) is 0.173. The molecule has 0 saturated carbocycles. The Morgan fingerprint density at radius 2 is 1.60 bits per heavy atom. The molecule has 0 bridgehead atoms. The van der Waals surface area contributed by atoms with Crippen molar-refractivity contribution in [3.05, 3.63) is 62.5 Å². The van der Waals surface area contributed by atoms with Crippen molar-refractivity contribution in [1.82, 2.24) is 4.90 Å². The van der Waals surface area contributed by atoms with Crippen LogP contribution in [0.4, 0.5) is 5.69 Å². The number of benzene rings is 2. The van der Waals surface area contributed by atoms with Crippen LogP contribution < -0.4 is 9.64 Å². The molecular formula is C34H46ClN3O2S2. The van der Waals surface area contributed by atoms with Gasteiger partial charge in [-0.1, -0.05) is 77.0 Å². The minimum Gasteiger partial charge on any atom is -0.493 e. The van der Waals surface area contributed by atoms with Gasteiger partial charge in [-0.05, 0) is 92.0 Å². The Morgan fingerprint density at radius 3 is 2.26 bits per heavy atom. The summed E-state index contributed by atoms with van der Waals surface area (Å²) in [7, 11) is 0. The molecule has 2 aromatic rings. The van der Waals surface area contributed by atoms with Gasteiger partial charge in [0.15, 0.2) is 5.17 Å². The van der Waals surface area contributed by atoms with Gasteiger partial charge in [0, 0.05) is 35.1 Å². The first-order chi connectivity index (χ1) is 20.0. The van der Waals surface area contributed by atoms with Crippen LogP contribution in [0.1, 0.15) is 92.2 Å². The van der Waals surface area contributed by atoms with Crippen LogP contribution in [-0.4, -0.2) is 42.2 Å². The number of amides is 1. The third kappa shape index (κ3) is 6.84. The van der Waals surface area contributed by atoms with Crippen molar-refractivity contribution in [2.45, 2.75) is 96.8 Å². The summed E-state index contributed by atoms with van der Waals surface area (Å²) in [6.07, 6.45) is 3.94. The highest BCUT2D eigenvalue weighted by atomic mass is 35.5. The molecule has 0 atom stereocenters. The zero-order valence-electron chi connectivity index (χ0n) is 26.5. The topological polar surface area (TPSA) is 45.1 Å². The number of anilines is 1. The Morgan fingerprint density at radius 1 is 0.881 bits per heavy atom. The van der Waals surface area contributed by atoms with E-state index in [4.69, 9.17) is 21.3 Å². The zero-order valence-corrected chi connectivity index (χ0v) is 28.9. The van der Waals surface area contributed by atoms with E-state index < -0.39 is 0 Å². The van der Waals surface area contributed by atoms with Crippen molar-refractivity contribution in [2.24, 2.45) is 4.99 Å². The molecule has 1 fully saturated rings. The fraction of sp³-hybridized carbons (Fsp3) is 0.529. The predicted molar refractivity (Wildman–Crippen MR) is 182 cm³/mol. The van der Waals surface area contributed by atoms with Gasteiger partial charge in [-0.3, -0.25) is 14.7 Å². The second-order valence-electron chi connectivity index (χ2n) is 12.1. The number of rotatable bonds is 12. The van der Waals surface area contributed by atoms with Crippen LogP contribution in [0.15, 0.2) is 56.2 Å². The van der Waals surface area contributed by atoms with Crippen LogP contribution in [0, 0.1) is 0 Å². The van der Waals surface area contributed by atoms with Gasteiger partial charge in [-0.2, -0.15) is 0 Å². The molecule has 1 amide bonds. The van der Waals surface area contributed by atoms with E-state index in [0.29, 0.717) is 24.7 Å². The molecule has 2 aromatic carbocycles. The van der Waals surface area contributed by atoms with Crippen LogP contribution in [0.2, 0.25) is 5.02 Å². The Kier molecular flexibility index (Phi) is 10.7. The number of hydrogen-bond donors (Lipinski definition) is 0. The smallest absolute Gasteiger partial charge is 0.269 e. The first-order valence-electron chi connectivity index (χ1n) is 15.3. The summed E-state index contributed by atoms with van der Waals surface area (Å²) in [5.74, 6) is 1.02. The lowest BCUT2D eigenvalue weighted by Crippen LogP contribution is -2.29. The number of carbonyl (C=O) groups is 1. The van der Waals surface area contributed by atoms with Gasteiger partial charge in [0.1, 0.15) is 15.7 Å². The van der Waals surface area contributed by atoms with Gasteiger partial charge in [-0.25, -0.2) is 0 Å². The minimum atomic E-state index is 0.0326. The number of ether oxygens (including phenoxy) is 1. The number of carbonyl (C=O) groups excluding carboxylic acids is 1. The van der Waals surface area contributed by atoms with E-state index in [-0.39, 0.29) is 16.7 Å². The average Bonchev–Trinajstić information content (AvgIpc) is 3.50. The summed E-state index contributed by atoms with van der Waals surface area (Å²) in [4.78, 5) is 24.2. The molecule has 2 heterocycles. The SMILES string of the molecule is CCN1C(=O)C(=C2Sc3ccc(Cl)cc3N2CC)SC1=NCCCCOc1ccc(C(C)(C)CC)cc1C(C)(C)CC. The summed E-state index contributed by atoms with van der Waals surface area (Å²) in [6.45, 7) is 20.5. The molecule has 4 rings (SSSR count). The molecule has 0 radical (unpaired) electrons. The first-order valence-corrected chi connectivity index (χ1v) is 17.3. The number of likely N-dealkylation sites (N-methyl/N-ethyl adjacent to an activating group) is 1. The fourth-order valence-electron chi connectivity index (χ4n) is 5.04. The molecule has 5 nitrogen and oxygen atoms in total. The number of halogens is 1. The van der Waals surface area contributed by atoms with Crippen LogP contribution in [0.3, 0.4) is 0 Å². The monoisotopic (exact) mass is 627 g/mol. The predicted octanol–water partition coefficient (Wildman–Crippen LogP) is 9.63. The Labute approximate surface area is 266 Å². The van der Waals surface area contributed by atoms with Gasteiger partial charge in [-0.15, -0.1) is 0 Å². The maximum Gasteiger partial charge on any atom is 0.269 e. The van der Waals surface area contributed by atoms with Crippen molar-refractivity contribution < 1.29 is 9.53 Å². The zero-order chi connectivity index (χ0) is 30.7. The van der Waals surface area contributed by atoms with E-state index in [2.05, 4.69) is 71.6 Å². The lowest BCUT2D eigenvalue weighted by molar-refractivity contribution is -0.122. The number of amidine groups is 1. The third-order valence-electron chi connectivity index (χ3n) is 8.67. The van der Waals surface area contributed by atoms with Crippen molar-refractivity contribution in [3.63, 3.8) is 0 Å². The number of fused-ring (bicyclic) bond motifs is 1. The Hall–Kier alpha value is -2.09. The van der Waals surface area contributed by atoms with Crippen molar-refractivity contribution in [3.8, 4) is 5.75 Å². The molecule has 42 heavy (non-hydrogen) atoms. The molecule has 0 unspecified atom stereocenters. The number of nitrogens with zero attached hydrogens (tertiary/aromatic N) is 3. The molecule has 2 aliphatic rings. The van der Waals surface area contributed by atoms with Crippen LogP contribution in [0.5, 0.6) is 5.75 Å². The van der Waals surface area contributed by atoms with Crippen molar-refractivity contribution in [1.29, 1.82) is 0 Å². The highest BCUT2D eigenvalue weighted by Crippen LogP contribution is 2.51. The molecule has 0 spiro atoms. The van der Waals surface area contributed by atoms with E-state index in [1.54, 1.807) is 16.7 Å². The molecule has 0 aliphatic carbocycles. The fourth-order valence-corrected chi connectivity index (χ4v) is 7.65. The summed E-state index contributed by atoms with van der Waals surface area (Å²) in [6, 6.07) is 12.7. The van der Waals surface area contributed by atoms with Gasteiger partial charge >= 0.3 is 0 Å². The summed E-state index contributed by atoms with van der Waals surface area (Å²) in [5, 5.41) is 2.47. The summed E-state index contributed by atoms with van der Waals surface area (Å²) in [5.41, 5.74) is 3.91. The highest BCUT2D eigenvalue weighted by Gasteiger charge is 2.39. The lowest BCUT2D eigenvalue weighted by Gasteiger charge is -2.30. The van der Waals surface area contributed by atoms with Gasteiger partial charge in [0.25, 0.3) is 5.91 Å². The molecule has 0 N–H and O–H groups in total. The van der Waals surface area contributed by atoms with Gasteiger partial charge in [0.05, 0.1) is 12.3 Å². The van der Waals surface area contributed by atoms with Crippen LogP contribution >= 0.6 is 35.1 Å². The standard InChI is InChI=1S/C34H46ClN3O2S2/c1-9-33(5,6)23-15-17-27(25(21-23)34(7,8)10-2)40-20-14-13-19-36-32-38(12-4)30(39)29(42-32)31-37(11-3)26-22-24(35)16-18-28(26)41-31/h15-18,21-22H,9-14,19-20H2,1-8H3. The van der Waals surface area contributed by atoms with E-state index >= 15 is 0 Å². The van der Waals surface area contributed by atoms with Crippen molar-refractivity contribution in [2.75, 3.05) is 31.1 Å². The number of thioether (sulfide) groups is 2. The van der Waals surface area contributed by atoms with E-state index in [1.165, 1.54) is 22.9 Å². The molecule has 8 heteroatoms. The Bertz CT molecular complexity index is 1370. The molecule has 1 saturated heterocycles. The molecule has 228 valence electrons. The number of hydrogen-bond acceptors (Lipinski definition) is 6. The molecule has 0 aromatic heterocycles. The average molecular weight is 628 g/mol. The second-order valence-corrected chi connectivity index (χ2v) is 14.6. The lowest BCUT2D eigenvalue weighted by atomic mass is 9.76. The van der Waals surface area contributed by atoms with Gasteiger partial charge < -0.3 is 9.64 Å². The molecular weight excluding hydrogens is 582 g/mol. The normalized spacial score (nSPS) is 18.4. The largest absolute Gasteiger partial charge is 0.493 e. The maximum absolute atomic E-state index is 13.4. The Balaban J connectivity index is 1.40. The van der Waals surface area contributed by atoms with E-state index in [9.17, 15) is 4.79 Å². The van der Waals surface area contributed by atoms with Crippen LogP contribution in [0.25, 0.3) is 0 Å². The summed E-state index contributed by atoms with van der Waals surface area (Å²) < 4.78 is 6.36. The maximum atomic E-state index is 13.4. The number of unbranched alkanes of at least 4 members (excludes halogenated alkanes) is 1.